The molecule has 4 nitrogen and oxygen atoms in total. The maximum atomic E-state index is 11.8. The fraction of sp³-hybridized carbons (Fsp3) is 0.273. The zero-order valence-electron chi connectivity index (χ0n) is 8.93. The number of terminal acetylenes is 1. The minimum absolute atomic E-state index is 0.120. The average molecular weight is 239 g/mol. The Balaban J connectivity index is 2.94. The molecule has 1 N–H and O–H groups in total. The summed E-state index contributed by atoms with van der Waals surface area (Å²) in [5.74, 6) is 2.68. The van der Waals surface area contributed by atoms with Crippen LogP contribution in [0.15, 0.2) is 29.2 Å². The van der Waals surface area contributed by atoms with E-state index in [4.69, 9.17) is 11.2 Å². The fourth-order valence-corrected chi connectivity index (χ4v) is 2.38. The van der Waals surface area contributed by atoms with E-state index in [1.54, 1.807) is 18.2 Å². The van der Waals surface area contributed by atoms with Crippen molar-refractivity contribution in [1.82, 2.24) is 4.72 Å². The van der Waals surface area contributed by atoms with Crippen molar-refractivity contribution in [3.05, 3.63) is 24.3 Å². The van der Waals surface area contributed by atoms with Crippen molar-refractivity contribution < 1.29 is 13.2 Å². The third-order valence-electron chi connectivity index (χ3n) is 1.92. The number of hydrogen-bond donors (Lipinski definition) is 1. The van der Waals surface area contributed by atoms with E-state index >= 15 is 0 Å². The van der Waals surface area contributed by atoms with Crippen molar-refractivity contribution in [2.45, 2.75) is 11.3 Å². The topological polar surface area (TPSA) is 55.4 Å². The molecule has 86 valence electrons. The molecule has 0 aliphatic carbocycles. The van der Waals surface area contributed by atoms with E-state index in [0.717, 1.165) is 0 Å². The second-order valence-electron chi connectivity index (χ2n) is 3.00. The zero-order valence-corrected chi connectivity index (χ0v) is 9.75. The molecule has 0 heterocycles. The highest BCUT2D eigenvalue weighted by Gasteiger charge is 2.17. The van der Waals surface area contributed by atoms with Crippen molar-refractivity contribution in [2.24, 2.45) is 0 Å². The van der Waals surface area contributed by atoms with Gasteiger partial charge < -0.3 is 4.74 Å². The number of ether oxygens (including phenoxy) is 1. The number of sulfonamides is 1. The molecule has 0 aromatic heterocycles. The Hall–Kier alpha value is -1.51. The average Bonchev–Trinajstić information content (AvgIpc) is 2.29. The molecule has 0 saturated heterocycles. The molecule has 0 amide bonds. The predicted octanol–water partition coefficient (Wildman–Crippen LogP) is 0.997. The summed E-state index contributed by atoms with van der Waals surface area (Å²) in [7, 11) is -2.12. The lowest BCUT2D eigenvalue weighted by Crippen LogP contribution is -2.25. The Morgan fingerprint density at radius 3 is 2.75 bits per heavy atom. The van der Waals surface area contributed by atoms with E-state index in [0.29, 0.717) is 12.2 Å². The smallest absolute Gasteiger partial charge is 0.244 e. The van der Waals surface area contributed by atoms with Crippen molar-refractivity contribution >= 4 is 10.0 Å². The normalized spacial score (nSPS) is 10.8. The summed E-state index contributed by atoms with van der Waals surface area (Å²) in [6.07, 6.45) is 5.40. The highest BCUT2D eigenvalue weighted by Crippen LogP contribution is 2.22. The third-order valence-corrected chi connectivity index (χ3v) is 3.42. The van der Waals surface area contributed by atoms with Crippen LogP contribution in [-0.2, 0) is 10.0 Å². The van der Waals surface area contributed by atoms with Crippen LogP contribution in [0, 0.1) is 12.3 Å². The lowest BCUT2D eigenvalue weighted by Gasteiger charge is -2.09. The third kappa shape index (κ3) is 2.99. The second-order valence-corrected chi connectivity index (χ2v) is 4.74. The quantitative estimate of drug-likeness (QED) is 0.616. The molecule has 1 aromatic rings. The van der Waals surface area contributed by atoms with Crippen LogP contribution in [0.25, 0.3) is 0 Å². The van der Waals surface area contributed by atoms with E-state index < -0.39 is 10.0 Å². The molecule has 0 radical (unpaired) electrons. The lowest BCUT2D eigenvalue weighted by molar-refractivity contribution is 0.402. The van der Waals surface area contributed by atoms with Gasteiger partial charge in [-0.25, -0.2) is 13.1 Å². The zero-order chi connectivity index (χ0) is 12.0. The SMILES string of the molecule is C#CCCNS(=O)(=O)c1ccccc1OC. The number of para-hydroxylation sites is 1. The van der Waals surface area contributed by atoms with Gasteiger partial charge in [-0.1, -0.05) is 12.1 Å². The summed E-state index contributed by atoms with van der Waals surface area (Å²) in [5, 5.41) is 0. The van der Waals surface area contributed by atoms with Crippen molar-refractivity contribution in [3.8, 4) is 18.1 Å². The number of rotatable bonds is 5. The first-order valence-corrected chi connectivity index (χ1v) is 6.16. The number of benzene rings is 1. The molecule has 0 aliphatic rings. The van der Waals surface area contributed by atoms with Gasteiger partial charge in [0.15, 0.2) is 0 Å². The molecule has 1 aromatic carbocycles. The van der Waals surface area contributed by atoms with E-state index in [2.05, 4.69) is 10.6 Å². The summed E-state index contributed by atoms with van der Waals surface area (Å²) >= 11 is 0. The number of methoxy groups -OCH3 is 1. The number of nitrogens with one attached hydrogen (secondary N) is 1. The van der Waals surface area contributed by atoms with Crippen LogP contribution in [0.3, 0.4) is 0 Å². The molecule has 0 bridgehead atoms. The minimum Gasteiger partial charge on any atom is -0.495 e. The van der Waals surface area contributed by atoms with Crippen LogP contribution in [0.5, 0.6) is 5.75 Å². The van der Waals surface area contributed by atoms with Gasteiger partial charge in [0.1, 0.15) is 10.6 Å². The van der Waals surface area contributed by atoms with E-state index in [9.17, 15) is 8.42 Å². The van der Waals surface area contributed by atoms with Gasteiger partial charge in [0.2, 0.25) is 10.0 Å². The maximum absolute atomic E-state index is 11.8. The van der Waals surface area contributed by atoms with Gasteiger partial charge in [0.05, 0.1) is 7.11 Å². The highest BCUT2D eigenvalue weighted by molar-refractivity contribution is 7.89. The van der Waals surface area contributed by atoms with Gasteiger partial charge in [-0.2, -0.15) is 0 Å². The molecule has 0 fully saturated rings. The summed E-state index contributed by atoms with van der Waals surface area (Å²) in [4.78, 5) is 0.120. The first kappa shape index (κ1) is 12.6. The summed E-state index contributed by atoms with van der Waals surface area (Å²) in [6.45, 7) is 0.219. The number of hydrogen-bond acceptors (Lipinski definition) is 3. The Kier molecular flexibility index (Phi) is 4.35. The van der Waals surface area contributed by atoms with Crippen LogP contribution >= 0.6 is 0 Å². The van der Waals surface area contributed by atoms with Gasteiger partial charge in [0.25, 0.3) is 0 Å². The Morgan fingerprint density at radius 2 is 2.12 bits per heavy atom. The van der Waals surface area contributed by atoms with E-state index in [1.165, 1.54) is 13.2 Å². The van der Waals surface area contributed by atoms with Gasteiger partial charge in [-0.3, -0.25) is 0 Å². The molecule has 1 rings (SSSR count). The Labute approximate surface area is 95.7 Å². The van der Waals surface area contributed by atoms with Gasteiger partial charge >= 0.3 is 0 Å². The molecule has 0 spiro atoms. The molecule has 5 heteroatoms. The van der Waals surface area contributed by atoms with E-state index in [-0.39, 0.29) is 11.4 Å². The highest BCUT2D eigenvalue weighted by atomic mass is 32.2. The van der Waals surface area contributed by atoms with Gasteiger partial charge in [-0.05, 0) is 12.1 Å². The van der Waals surface area contributed by atoms with Crippen LogP contribution in [-0.4, -0.2) is 22.1 Å². The minimum atomic E-state index is -3.55. The molecule has 16 heavy (non-hydrogen) atoms. The predicted molar refractivity (Wildman–Crippen MR) is 61.6 cm³/mol. The maximum Gasteiger partial charge on any atom is 0.244 e. The fourth-order valence-electron chi connectivity index (χ4n) is 1.18. The van der Waals surface area contributed by atoms with Crippen LogP contribution in [0.2, 0.25) is 0 Å². The molecule has 0 aliphatic heterocycles. The summed E-state index contributed by atoms with van der Waals surface area (Å²) < 4.78 is 31.0. The van der Waals surface area contributed by atoms with E-state index in [1.807, 2.05) is 0 Å². The van der Waals surface area contributed by atoms with Gasteiger partial charge in [-0.15, -0.1) is 12.3 Å². The van der Waals surface area contributed by atoms with Crippen molar-refractivity contribution in [1.29, 1.82) is 0 Å². The lowest BCUT2D eigenvalue weighted by atomic mass is 10.3. The molecule has 0 unspecified atom stereocenters. The van der Waals surface area contributed by atoms with Crippen LogP contribution in [0.4, 0.5) is 0 Å². The Morgan fingerprint density at radius 1 is 1.44 bits per heavy atom. The van der Waals surface area contributed by atoms with Crippen LogP contribution in [0.1, 0.15) is 6.42 Å². The standard InChI is InChI=1S/C11H13NO3S/c1-3-4-9-12-16(13,14)11-8-6-5-7-10(11)15-2/h1,5-8,12H,4,9H2,2H3. The summed E-state index contributed by atoms with van der Waals surface area (Å²) in [5.41, 5.74) is 0. The van der Waals surface area contributed by atoms with Crippen LogP contribution < -0.4 is 9.46 Å². The molecule has 0 saturated carbocycles. The van der Waals surface area contributed by atoms with Crippen molar-refractivity contribution in [3.63, 3.8) is 0 Å². The largest absolute Gasteiger partial charge is 0.495 e. The second kappa shape index (κ2) is 5.54. The molecule has 0 atom stereocenters. The molecular formula is C11H13NO3S. The Bertz CT molecular complexity index is 488. The monoisotopic (exact) mass is 239 g/mol. The van der Waals surface area contributed by atoms with Gasteiger partial charge in [0, 0.05) is 13.0 Å². The molecular weight excluding hydrogens is 226 g/mol. The van der Waals surface area contributed by atoms with Crippen molar-refractivity contribution in [2.75, 3.05) is 13.7 Å². The summed E-state index contributed by atoms with van der Waals surface area (Å²) in [6, 6.07) is 6.42. The first-order chi connectivity index (χ1) is 7.61. The first-order valence-electron chi connectivity index (χ1n) is 4.68.